The molecule has 414 valence electrons. The Morgan fingerprint density at radius 3 is 2.27 bits per heavy atom. The summed E-state index contributed by atoms with van der Waals surface area (Å²) in [5, 5.41) is 35.6. The Balaban J connectivity index is 0.744. The van der Waals surface area contributed by atoms with Gasteiger partial charge in [-0.25, -0.2) is 14.6 Å². The van der Waals surface area contributed by atoms with Gasteiger partial charge in [0.15, 0.2) is 11.9 Å². The number of aromatic hydroxyl groups is 2. The molecular formula is C58H64N14O8. The number of nitrogens with one attached hydrogen (secondary N) is 2. The Morgan fingerprint density at radius 2 is 1.59 bits per heavy atom. The van der Waals surface area contributed by atoms with E-state index in [-0.39, 0.29) is 59.0 Å². The summed E-state index contributed by atoms with van der Waals surface area (Å²) in [5.41, 5.74) is 7.78. The quantitative estimate of drug-likeness (QED) is 0.0874. The number of phenols is 2. The molecule has 0 saturated carbocycles. The summed E-state index contributed by atoms with van der Waals surface area (Å²) >= 11 is 0. The number of piperazine rings is 1. The number of carbonyl (C=O) groups is 4. The van der Waals surface area contributed by atoms with Crippen molar-refractivity contribution in [3.63, 3.8) is 0 Å². The molecule has 22 nitrogen and oxygen atoms in total. The monoisotopic (exact) mass is 1080 g/mol. The van der Waals surface area contributed by atoms with Gasteiger partial charge in [-0.05, 0) is 105 Å². The van der Waals surface area contributed by atoms with Crippen LogP contribution < -0.4 is 16.3 Å². The molecule has 80 heavy (non-hydrogen) atoms. The van der Waals surface area contributed by atoms with E-state index in [4.69, 9.17) is 9.72 Å². The fraction of sp³-hybridized carbons (Fsp3) is 0.362. The highest BCUT2D eigenvalue weighted by Crippen LogP contribution is 2.39. The van der Waals surface area contributed by atoms with Gasteiger partial charge >= 0.3 is 11.8 Å². The van der Waals surface area contributed by atoms with Crippen molar-refractivity contribution in [2.24, 2.45) is 7.05 Å². The number of hydrogen-bond acceptors (Lipinski definition) is 15. The highest BCUT2D eigenvalue weighted by Gasteiger charge is 2.33. The Bertz CT molecular complexity index is 3660. The lowest BCUT2D eigenvalue weighted by Gasteiger charge is -2.35. The molecule has 2 saturated heterocycles. The normalized spacial score (nSPS) is 15.1. The van der Waals surface area contributed by atoms with Crippen molar-refractivity contribution in [1.29, 1.82) is 0 Å². The van der Waals surface area contributed by atoms with Crippen LogP contribution in [0.5, 0.6) is 11.5 Å². The molecule has 2 aromatic carbocycles. The van der Waals surface area contributed by atoms with E-state index in [9.17, 15) is 34.2 Å². The average molecular weight is 1090 g/mol. The van der Waals surface area contributed by atoms with Gasteiger partial charge in [0.05, 0.1) is 52.2 Å². The topological polar surface area (TPSA) is 261 Å². The van der Waals surface area contributed by atoms with E-state index in [0.717, 1.165) is 16.8 Å². The molecule has 4 N–H and O–H groups in total. The van der Waals surface area contributed by atoms with E-state index < -0.39 is 24.1 Å². The van der Waals surface area contributed by atoms with E-state index in [1.165, 1.54) is 13.0 Å². The van der Waals surface area contributed by atoms with Crippen molar-refractivity contribution < 1.29 is 34.1 Å². The average Bonchev–Trinajstić information content (AvgIpc) is 4.02. The number of amides is 4. The summed E-state index contributed by atoms with van der Waals surface area (Å²) in [4.78, 5) is 92.6. The van der Waals surface area contributed by atoms with Gasteiger partial charge in [-0.3, -0.25) is 47.9 Å². The maximum atomic E-state index is 13.9. The zero-order valence-corrected chi connectivity index (χ0v) is 45.5. The van der Waals surface area contributed by atoms with Crippen molar-refractivity contribution in [3.05, 3.63) is 136 Å². The third-order valence-electron chi connectivity index (χ3n) is 15.0. The Morgan fingerprint density at radius 1 is 0.825 bits per heavy atom. The minimum Gasteiger partial charge on any atom is -0.508 e. The first-order valence-electron chi connectivity index (χ1n) is 26.9. The second-order valence-corrected chi connectivity index (χ2v) is 20.7. The molecule has 1 unspecified atom stereocenters. The SMILES string of the molecule is CCNC(=O)c1nnc(-c2cc(C(C)C)c(O)cc2O)n1-c1ccc(CN2CCN(C(=O)CC(NC(=O)O[C@@H](C)C(=O)N3CCC(n4c(=O)n(C)c5cnc6ccc(-c7ccc(C)nc7)nc6c54)CC3)c3ccccn3)CC2)cc1. The largest absolute Gasteiger partial charge is 0.508 e. The second-order valence-electron chi connectivity index (χ2n) is 20.7. The van der Waals surface area contributed by atoms with E-state index in [2.05, 4.69) is 40.7 Å². The van der Waals surface area contributed by atoms with E-state index >= 15 is 0 Å². The van der Waals surface area contributed by atoms with Gasteiger partial charge in [0.2, 0.25) is 11.7 Å². The van der Waals surface area contributed by atoms with Gasteiger partial charge in [0.25, 0.3) is 11.8 Å². The number of aromatic nitrogens is 9. The molecule has 8 aromatic rings. The number of benzene rings is 2. The van der Waals surface area contributed by atoms with Crippen LogP contribution in [0.2, 0.25) is 0 Å². The van der Waals surface area contributed by atoms with E-state index in [1.54, 1.807) is 80.3 Å². The van der Waals surface area contributed by atoms with Gasteiger partial charge in [-0.15, -0.1) is 10.2 Å². The fourth-order valence-electron chi connectivity index (χ4n) is 10.6. The number of pyridine rings is 4. The number of carbonyl (C=O) groups excluding carboxylic acids is 4. The van der Waals surface area contributed by atoms with Crippen LogP contribution in [0.4, 0.5) is 4.79 Å². The zero-order valence-electron chi connectivity index (χ0n) is 45.5. The molecule has 8 heterocycles. The zero-order chi connectivity index (χ0) is 56.4. The first-order chi connectivity index (χ1) is 38.6. The number of piperidine rings is 1. The number of hydrogen-bond donors (Lipinski definition) is 4. The predicted molar refractivity (Wildman–Crippen MR) is 298 cm³/mol. The number of phenolic OH excluding ortho intramolecular Hbond substituents is 2. The number of fused-ring (bicyclic) bond motifs is 3. The molecule has 4 amide bonds. The van der Waals surface area contributed by atoms with Crippen LogP contribution in [-0.4, -0.2) is 144 Å². The summed E-state index contributed by atoms with van der Waals surface area (Å²) in [6.45, 7) is 12.8. The molecule has 6 aromatic heterocycles. The van der Waals surface area contributed by atoms with E-state index in [0.29, 0.717) is 115 Å². The van der Waals surface area contributed by atoms with Gasteiger partial charge in [0.1, 0.15) is 17.0 Å². The number of aryl methyl sites for hydroxylation is 2. The smallest absolute Gasteiger partial charge is 0.408 e. The van der Waals surface area contributed by atoms with Crippen LogP contribution in [0.3, 0.4) is 0 Å². The molecule has 2 fully saturated rings. The summed E-state index contributed by atoms with van der Waals surface area (Å²) < 4.78 is 10.6. The van der Waals surface area contributed by atoms with Crippen molar-refractivity contribution >= 4 is 45.9 Å². The third kappa shape index (κ3) is 11.2. The van der Waals surface area contributed by atoms with Crippen molar-refractivity contribution in [3.8, 4) is 39.8 Å². The number of alkyl carbamates (subject to hydrolysis) is 1. The molecule has 2 aliphatic rings. The number of rotatable bonds is 15. The minimum absolute atomic E-state index is 0.0378. The van der Waals surface area contributed by atoms with Crippen LogP contribution in [0.25, 0.3) is 50.4 Å². The number of ether oxygens (including phenoxy) is 1. The molecule has 10 rings (SSSR count). The molecule has 22 heteroatoms. The summed E-state index contributed by atoms with van der Waals surface area (Å²) in [6.07, 6.45) is 3.90. The fourth-order valence-corrected chi connectivity index (χ4v) is 10.6. The Labute approximate surface area is 461 Å². The lowest BCUT2D eigenvalue weighted by Crippen LogP contribution is -2.49. The lowest BCUT2D eigenvalue weighted by molar-refractivity contribution is -0.141. The molecule has 2 atom stereocenters. The molecule has 0 aliphatic carbocycles. The summed E-state index contributed by atoms with van der Waals surface area (Å²) in [7, 11) is 1.72. The van der Waals surface area contributed by atoms with Crippen LogP contribution in [0.15, 0.2) is 102 Å². The maximum absolute atomic E-state index is 13.9. The molecular weight excluding hydrogens is 1020 g/mol. The van der Waals surface area contributed by atoms with Crippen molar-refractivity contribution in [2.75, 3.05) is 45.8 Å². The number of likely N-dealkylation sites (tertiary alicyclic amines) is 1. The minimum atomic E-state index is -1.15. The highest BCUT2D eigenvalue weighted by molar-refractivity contribution is 6.00. The summed E-state index contributed by atoms with van der Waals surface area (Å²) in [6, 6.07) is 22.4. The molecule has 2 aliphatic heterocycles. The second kappa shape index (κ2) is 23.1. The lowest BCUT2D eigenvalue weighted by atomic mass is 9.98. The maximum Gasteiger partial charge on any atom is 0.408 e. The first-order valence-corrected chi connectivity index (χ1v) is 26.9. The predicted octanol–water partition coefficient (Wildman–Crippen LogP) is 6.33. The Kier molecular flexibility index (Phi) is 15.7. The van der Waals surface area contributed by atoms with Gasteiger partial charge in [-0.2, -0.15) is 0 Å². The number of nitrogens with zero attached hydrogens (tertiary/aromatic N) is 12. The standard InChI is InChI=1S/C58H64N14O8/c1-7-59-55(76)54-66-65-53(42-28-41(34(2)3)48(73)30-49(42)74)72(54)39-15-12-37(13-16-39)33-68-24-26-69(27-25-68)50(75)29-46(44-10-8-9-21-60-44)64-57(78)80-36(5)56(77)70-22-19-40(20-23-70)71-52-47(67(6)58(71)79)32-62-45-18-17-43(63-51(45)52)38-14-11-35(4)61-31-38/h8-18,21,28,30-32,34,36,40,46,73-74H,7,19-20,22-27,29,33H2,1-6H3,(H,59,76)(H,64,78)/t36-,46?/m0/s1. The third-order valence-corrected chi connectivity index (χ3v) is 15.0. The van der Waals surface area contributed by atoms with Crippen LogP contribution in [0, 0.1) is 6.92 Å². The van der Waals surface area contributed by atoms with E-state index in [1.807, 2.05) is 69.3 Å². The molecule has 0 radical (unpaired) electrons. The van der Waals surface area contributed by atoms with Gasteiger partial charge in [-0.1, -0.05) is 32.0 Å². The molecule has 0 bridgehead atoms. The van der Waals surface area contributed by atoms with Crippen LogP contribution in [-0.2, 0) is 27.9 Å². The summed E-state index contributed by atoms with van der Waals surface area (Å²) in [5.74, 6) is -1.02. The van der Waals surface area contributed by atoms with Gasteiger partial charge in [0, 0.05) is 101 Å². The van der Waals surface area contributed by atoms with Crippen LogP contribution >= 0.6 is 0 Å². The molecule has 0 spiro atoms. The van der Waals surface area contributed by atoms with Gasteiger partial charge < -0.3 is 35.4 Å². The number of imidazole rings is 1. The Hall–Kier alpha value is -9.05. The van der Waals surface area contributed by atoms with Crippen LogP contribution in [0.1, 0.15) is 98.1 Å². The highest BCUT2D eigenvalue weighted by atomic mass is 16.6. The van der Waals surface area contributed by atoms with Crippen molar-refractivity contribution in [1.82, 2.24) is 69.2 Å². The first kappa shape index (κ1) is 54.3. The van der Waals surface area contributed by atoms with Crippen molar-refractivity contribution in [2.45, 2.75) is 84.5 Å².